The molecule has 9 heteroatoms. The fourth-order valence-corrected chi connectivity index (χ4v) is 4.48. The number of carbonyl (C=O) groups is 1. The Hall–Kier alpha value is -2.45. The standard InChI is InChI=1S/C20H25ClN4O3S/c1-2-14-29(27,28)23-18-8-6-17(7-9-18)22-20(26)25-12-10-24(11-13-25)19-5-3-4-16(21)15-19/h3-9,15,23H,2,10-14H2,1H3,(H,22,26). The number of halogens is 1. The molecule has 2 amide bonds. The van der Waals surface area contributed by atoms with Gasteiger partial charge in [0.1, 0.15) is 0 Å². The second-order valence-electron chi connectivity index (χ2n) is 6.88. The fraction of sp³-hybridized carbons (Fsp3) is 0.350. The molecule has 1 heterocycles. The number of piperazine rings is 1. The molecular formula is C20H25ClN4O3S. The van der Waals surface area contributed by atoms with E-state index < -0.39 is 10.0 Å². The number of hydrogen-bond donors (Lipinski definition) is 2. The summed E-state index contributed by atoms with van der Waals surface area (Å²) < 4.78 is 26.2. The molecule has 1 aliphatic heterocycles. The highest BCUT2D eigenvalue weighted by molar-refractivity contribution is 7.92. The van der Waals surface area contributed by atoms with E-state index in [0.717, 1.165) is 18.8 Å². The van der Waals surface area contributed by atoms with Crippen LogP contribution in [0.4, 0.5) is 21.9 Å². The van der Waals surface area contributed by atoms with Gasteiger partial charge in [-0.1, -0.05) is 24.6 Å². The topological polar surface area (TPSA) is 81.8 Å². The highest BCUT2D eigenvalue weighted by Gasteiger charge is 2.21. The second-order valence-corrected chi connectivity index (χ2v) is 9.16. The first-order chi connectivity index (χ1) is 13.9. The number of rotatable bonds is 6. The summed E-state index contributed by atoms with van der Waals surface area (Å²) in [5.74, 6) is 0.0760. The monoisotopic (exact) mass is 436 g/mol. The average Bonchev–Trinajstić information content (AvgIpc) is 2.69. The summed E-state index contributed by atoms with van der Waals surface area (Å²) in [4.78, 5) is 16.5. The van der Waals surface area contributed by atoms with Crippen LogP contribution in [0.25, 0.3) is 0 Å². The summed E-state index contributed by atoms with van der Waals surface area (Å²) in [6.45, 7) is 4.48. The summed E-state index contributed by atoms with van der Waals surface area (Å²) in [5, 5.41) is 3.56. The number of benzene rings is 2. The molecule has 0 saturated carbocycles. The first-order valence-corrected chi connectivity index (χ1v) is 11.6. The molecule has 0 atom stereocenters. The van der Waals surface area contributed by atoms with Gasteiger partial charge in [0.15, 0.2) is 0 Å². The Morgan fingerprint density at radius 2 is 1.69 bits per heavy atom. The van der Waals surface area contributed by atoms with Crippen LogP contribution in [0.1, 0.15) is 13.3 Å². The molecule has 0 aliphatic carbocycles. The lowest BCUT2D eigenvalue weighted by Gasteiger charge is -2.36. The predicted octanol–water partition coefficient (Wildman–Crippen LogP) is 3.85. The van der Waals surface area contributed by atoms with Crippen LogP contribution in [0.2, 0.25) is 5.02 Å². The SMILES string of the molecule is CCCS(=O)(=O)Nc1ccc(NC(=O)N2CCN(c3cccc(Cl)c3)CC2)cc1. The molecule has 7 nitrogen and oxygen atoms in total. The Morgan fingerprint density at radius 1 is 1.03 bits per heavy atom. The van der Waals surface area contributed by atoms with Crippen molar-refractivity contribution in [3.05, 3.63) is 53.6 Å². The van der Waals surface area contributed by atoms with Crippen molar-refractivity contribution in [1.29, 1.82) is 0 Å². The van der Waals surface area contributed by atoms with E-state index in [1.54, 1.807) is 29.2 Å². The van der Waals surface area contributed by atoms with Gasteiger partial charge >= 0.3 is 6.03 Å². The van der Waals surface area contributed by atoms with Crippen molar-refractivity contribution in [3.8, 4) is 0 Å². The largest absolute Gasteiger partial charge is 0.368 e. The first kappa shape index (κ1) is 21.3. The number of amides is 2. The molecule has 0 unspecified atom stereocenters. The molecule has 1 fully saturated rings. The summed E-state index contributed by atoms with van der Waals surface area (Å²) >= 11 is 6.06. The molecule has 156 valence electrons. The first-order valence-electron chi connectivity index (χ1n) is 9.53. The van der Waals surface area contributed by atoms with Crippen molar-refractivity contribution in [2.45, 2.75) is 13.3 Å². The number of sulfonamides is 1. The smallest absolute Gasteiger partial charge is 0.321 e. The van der Waals surface area contributed by atoms with Gasteiger partial charge in [0.05, 0.1) is 5.75 Å². The minimum absolute atomic E-state index is 0.0760. The maximum absolute atomic E-state index is 12.5. The number of anilines is 3. The van der Waals surface area contributed by atoms with Gasteiger partial charge in [-0.05, 0) is 48.9 Å². The Morgan fingerprint density at radius 3 is 2.31 bits per heavy atom. The molecule has 1 aliphatic rings. The van der Waals surface area contributed by atoms with Crippen LogP contribution in [0.15, 0.2) is 48.5 Å². The molecule has 2 aromatic rings. The van der Waals surface area contributed by atoms with E-state index in [0.29, 0.717) is 35.9 Å². The Bertz CT molecular complexity index is 942. The third-order valence-electron chi connectivity index (χ3n) is 4.62. The quantitative estimate of drug-likeness (QED) is 0.720. The van der Waals surface area contributed by atoms with E-state index in [9.17, 15) is 13.2 Å². The number of urea groups is 1. The molecule has 29 heavy (non-hydrogen) atoms. The minimum Gasteiger partial charge on any atom is -0.368 e. The molecule has 2 N–H and O–H groups in total. The highest BCUT2D eigenvalue weighted by atomic mass is 35.5. The molecule has 2 aromatic carbocycles. The van der Waals surface area contributed by atoms with Crippen LogP contribution in [0.3, 0.4) is 0 Å². The van der Waals surface area contributed by atoms with Crippen LogP contribution in [0.5, 0.6) is 0 Å². The van der Waals surface area contributed by atoms with Gasteiger partial charge in [-0.2, -0.15) is 0 Å². The minimum atomic E-state index is -3.33. The van der Waals surface area contributed by atoms with Crippen LogP contribution in [0, 0.1) is 0 Å². The van der Waals surface area contributed by atoms with Crippen LogP contribution >= 0.6 is 11.6 Å². The molecule has 0 bridgehead atoms. The van der Waals surface area contributed by atoms with Gasteiger partial charge in [0.2, 0.25) is 10.0 Å². The fourth-order valence-electron chi connectivity index (χ4n) is 3.16. The maximum atomic E-state index is 12.5. The summed E-state index contributed by atoms with van der Waals surface area (Å²) in [7, 11) is -3.33. The van der Waals surface area contributed by atoms with Crippen LogP contribution < -0.4 is 14.9 Å². The average molecular weight is 437 g/mol. The summed E-state index contributed by atoms with van der Waals surface area (Å²) in [6, 6.07) is 14.2. The lowest BCUT2D eigenvalue weighted by atomic mass is 10.2. The van der Waals surface area contributed by atoms with Gasteiger partial charge in [-0.15, -0.1) is 0 Å². The van der Waals surface area contributed by atoms with Gasteiger partial charge in [-0.25, -0.2) is 13.2 Å². The Labute approximate surface area is 176 Å². The van der Waals surface area contributed by atoms with E-state index in [2.05, 4.69) is 14.9 Å². The van der Waals surface area contributed by atoms with E-state index >= 15 is 0 Å². The van der Waals surface area contributed by atoms with Crippen molar-refractivity contribution in [2.24, 2.45) is 0 Å². The molecular weight excluding hydrogens is 412 g/mol. The van der Waals surface area contributed by atoms with Gasteiger partial charge < -0.3 is 15.1 Å². The Balaban J connectivity index is 1.52. The van der Waals surface area contributed by atoms with Gasteiger partial charge in [-0.3, -0.25) is 4.72 Å². The zero-order valence-corrected chi connectivity index (χ0v) is 17.8. The maximum Gasteiger partial charge on any atom is 0.321 e. The molecule has 1 saturated heterocycles. The van der Waals surface area contributed by atoms with E-state index in [-0.39, 0.29) is 11.8 Å². The van der Waals surface area contributed by atoms with Crippen molar-refractivity contribution in [2.75, 3.05) is 46.9 Å². The van der Waals surface area contributed by atoms with Gasteiger partial charge in [0, 0.05) is 48.3 Å². The van der Waals surface area contributed by atoms with Crippen molar-refractivity contribution in [1.82, 2.24) is 4.90 Å². The normalized spacial score (nSPS) is 14.6. The lowest BCUT2D eigenvalue weighted by Crippen LogP contribution is -2.50. The predicted molar refractivity (Wildman–Crippen MR) is 118 cm³/mol. The third-order valence-corrected chi connectivity index (χ3v) is 6.35. The molecule has 0 aromatic heterocycles. The van der Waals surface area contributed by atoms with Crippen LogP contribution in [-0.4, -0.2) is 51.3 Å². The Kier molecular flexibility index (Phi) is 6.87. The van der Waals surface area contributed by atoms with Crippen molar-refractivity contribution < 1.29 is 13.2 Å². The molecule has 3 rings (SSSR count). The molecule has 0 radical (unpaired) electrons. The zero-order chi connectivity index (χ0) is 20.9. The number of nitrogens with one attached hydrogen (secondary N) is 2. The van der Waals surface area contributed by atoms with E-state index in [1.165, 1.54) is 0 Å². The second kappa shape index (κ2) is 9.37. The van der Waals surface area contributed by atoms with E-state index in [1.807, 2.05) is 31.2 Å². The van der Waals surface area contributed by atoms with Crippen molar-refractivity contribution >= 4 is 44.7 Å². The highest BCUT2D eigenvalue weighted by Crippen LogP contribution is 2.21. The number of hydrogen-bond acceptors (Lipinski definition) is 4. The third kappa shape index (κ3) is 6.01. The van der Waals surface area contributed by atoms with Gasteiger partial charge in [0.25, 0.3) is 0 Å². The summed E-state index contributed by atoms with van der Waals surface area (Å²) in [5.41, 5.74) is 2.15. The van der Waals surface area contributed by atoms with Crippen molar-refractivity contribution in [3.63, 3.8) is 0 Å². The number of nitrogens with zero attached hydrogens (tertiary/aromatic N) is 2. The van der Waals surface area contributed by atoms with E-state index in [4.69, 9.17) is 11.6 Å². The zero-order valence-electron chi connectivity index (χ0n) is 16.3. The van der Waals surface area contributed by atoms with Crippen LogP contribution in [-0.2, 0) is 10.0 Å². The lowest BCUT2D eigenvalue weighted by molar-refractivity contribution is 0.208. The molecule has 0 spiro atoms. The number of carbonyl (C=O) groups excluding carboxylic acids is 1. The summed E-state index contributed by atoms with van der Waals surface area (Å²) in [6.07, 6.45) is 0.550.